The van der Waals surface area contributed by atoms with Crippen LogP contribution in [-0.4, -0.2) is 11.5 Å². The van der Waals surface area contributed by atoms with Crippen LogP contribution in [0.15, 0.2) is 36.5 Å². The van der Waals surface area contributed by atoms with Gasteiger partial charge >= 0.3 is 0 Å². The number of halogens is 2. The number of nitrogens with one attached hydrogen (secondary N) is 1. The van der Waals surface area contributed by atoms with Crippen LogP contribution in [0.25, 0.3) is 11.1 Å². The Morgan fingerprint density at radius 1 is 1.16 bits per heavy atom. The fraction of sp³-hybridized carbons (Fsp3) is 0.267. The summed E-state index contributed by atoms with van der Waals surface area (Å²) in [5.74, 6) is 0.234. The smallest absolute Gasteiger partial charge is 0.133 e. The molecule has 0 amide bonds. The number of benzene rings is 1. The van der Waals surface area contributed by atoms with Gasteiger partial charge in [-0.15, -0.1) is 0 Å². The molecule has 0 atom stereocenters. The highest BCUT2D eigenvalue weighted by atomic mass is 19.1. The summed E-state index contributed by atoms with van der Waals surface area (Å²) in [7, 11) is 0. The molecule has 4 heteroatoms. The van der Waals surface area contributed by atoms with E-state index in [4.69, 9.17) is 0 Å². The van der Waals surface area contributed by atoms with Gasteiger partial charge in [0.05, 0.1) is 0 Å². The number of nitrogens with zero attached hydrogens (tertiary/aromatic N) is 1. The van der Waals surface area contributed by atoms with Crippen molar-refractivity contribution < 1.29 is 8.78 Å². The van der Waals surface area contributed by atoms with E-state index in [1.165, 1.54) is 25.0 Å². The first-order chi connectivity index (χ1) is 9.22. The minimum Gasteiger partial charge on any atom is -0.369 e. The summed E-state index contributed by atoms with van der Waals surface area (Å²) in [4.78, 5) is 4.26. The zero-order chi connectivity index (χ0) is 13.2. The highest BCUT2D eigenvalue weighted by Crippen LogP contribution is 2.31. The van der Waals surface area contributed by atoms with E-state index >= 15 is 0 Å². The van der Waals surface area contributed by atoms with Crippen LogP contribution in [-0.2, 0) is 0 Å². The topological polar surface area (TPSA) is 24.9 Å². The molecule has 1 aliphatic rings. The normalized spacial score (nSPS) is 14.4. The van der Waals surface area contributed by atoms with Crippen LogP contribution < -0.4 is 5.32 Å². The Morgan fingerprint density at radius 3 is 2.58 bits per heavy atom. The number of hydrogen-bond acceptors (Lipinski definition) is 2. The Kier molecular flexibility index (Phi) is 3.15. The van der Waals surface area contributed by atoms with Gasteiger partial charge in [0.1, 0.15) is 17.5 Å². The first-order valence-electron chi connectivity index (χ1n) is 6.38. The third-order valence-corrected chi connectivity index (χ3v) is 3.24. The predicted octanol–water partition coefficient (Wildman–Crippen LogP) is 3.85. The molecule has 3 rings (SSSR count). The van der Waals surface area contributed by atoms with Gasteiger partial charge in [-0.1, -0.05) is 0 Å². The Labute approximate surface area is 110 Å². The van der Waals surface area contributed by atoms with E-state index in [0.29, 0.717) is 17.3 Å². The minimum atomic E-state index is -0.577. The monoisotopic (exact) mass is 260 g/mol. The first-order valence-corrected chi connectivity index (χ1v) is 6.38. The molecule has 1 aromatic heterocycles. The van der Waals surface area contributed by atoms with Crippen LogP contribution in [0.5, 0.6) is 0 Å². The SMILES string of the molecule is Fc1cc(F)cc(-c2cccnc2NCC2CC2)c1. The summed E-state index contributed by atoms with van der Waals surface area (Å²) in [6, 6.07) is 7.10. The van der Waals surface area contributed by atoms with E-state index in [0.717, 1.165) is 18.2 Å². The lowest BCUT2D eigenvalue weighted by atomic mass is 10.1. The van der Waals surface area contributed by atoms with Crippen molar-refractivity contribution >= 4 is 5.82 Å². The van der Waals surface area contributed by atoms with Gasteiger partial charge in [-0.05, 0) is 48.6 Å². The molecule has 2 aromatic rings. The van der Waals surface area contributed by atoms with Crippen molar-refractivity contribution in [2.45, 2.75) is 12.8 Å². The number of anilines is 1. The molecule has 1 aromatic carbocycles. The summed E-state index contributed by atoms with van der Waals surface area (Å²) in [6.07, 6.45) is 4.15. The summed E-state index contributed by atoms with van der Waals surface area (Å²) in [5, 5.41) is 3.26. The highest BCUT2D eigenvalue weighted by Gasteiger charge is 2.21. The Balaban J connectivity index is 1.93. The fourth-order valence-corrected chi connectivity index (χ4v) is 2.05. The van der Waals surface area contributed by atoms with E-state index in [-0.39, 0.29) is 0 Å². The highest BCUT2D eigenvalue weighted by molar-refractivity contribution is 5.75. The molecule has 1 heterocycles. The van der Waals surface area contributed by atoms with Crippen LogP contribution >= 0.6 is 0 Å². The van der Waals surface area contributed by atoms with Crippen molar-refractivity contribution in [1.29, 1.82) is 0 Å². The Morgan fingerprint density at radius 2 is 1.89 bits per heavy atom. The minimum absolute atomic E-state index is 0.504. The van der Waals surface area contributed by atoms with E-state index < -0.39 is 11.6 Å². The summed E-state index contributed by atoms with van der Waals surface area (Å²) in [6.45, 7) is 0.863. The Hall–Kier alpha value is -1.97. The van der Waals surface area contributed by atoms with Gasteiger partial charge in [0.15, 0.2) is 0 Å². The van der Waals surface area contributed by atoms with Crippen molar-refractivity contribution in [3.63, 3.8) is 0 Å². The molecule has 0 saturated heterocycles. The standard InChI is InChI=1S/C15H14F2N2/c16-12-6-11(7-13(17)8-12)14-2-1-5-18-15(14)19-9-10-3-4-10/h1-2,5-8,10H,3-4,9H2,(H,18,19). The molecule has 1 saturated carbocycles. The second-order valence-corrected chi connectivity index (χ2v) is 4.88. The molecule has 19 heavy (non-hydrogen) atoms. The molecule has 2 nitrogen and oxygen atoms in total. The number of aromatic nitrogens is 1. The lowest BCUT2D eigenvalue weighted by Gasteiger charge is -2.10. The fourth-order valence-electron chi connectivity index (χ4n) is 2.05. The molecule has 1 aliphatic carbocycles. The lowest BCUT2D eigenvalue weighted by molar-refractivity contribution is 0.584. The summed E-state index contributed by atoms with van der Waals surface area (Å²) < 4.78 is 26.6. The molecule has 1 fully saturated rings. The van der Waals surface area contributed by atoms with Crippen molar-refractivity contribution in [2.75, 3.05) is 11.9 Å². The van der Waals surface area contributed by atoms with Crippen LogP contribution in [0.3, 0.4) is 0 Å². The second-order valence-electron chi connectivity index (χ2n) is 4.88. The molecular formula is C15H14F2N2. The predicted molar refractivity (Wildman–Crippen MR) is 70.8 cm³/mol. The third kappa shape index (κ3) is 2.89. The molecule has 0 unspecified atom stereocenters. The molecule has 0 spiro atoms. The van der Waals surface area contributed by atoms with Gasteiger partial charge in [-0.3, -0.25) is 0 Å². The average molecular weight is 260 g/mol. The van der Waals surface area contributed by atoms with Gasteiger partial charge in [0, 0.05) is 24.4 Å². The second kappa shape index (κ2) is 4.96. The van der Waals surface area contributed by atoms with Gasteiger partial charge in [0.2, 0.25) is 0 Å². The molecule has 1 N–H and O–H groups in total. The number of rotatable bonds is 4. The maximum absolute atomic E-state index is 13.3. The van der Waals surface area contributed by atoms with Crippen LogP contribution in [0.1, 0.15) is 12.8 Å². The molecular weight excluding hydrogens is 246 g/mol. The zero-order valence-corrected chi connectivity index (χ0v) is 10.4. The van der Waals surface area contributed by atoms with E-state index in [1.54, 1.807) is 12.3 Å². The van der Waals surface area contributed by atoms with E-state index in [1.807, 2.05) is 6.07 Å². The average Bonchev–Trinajstić information content (AvgIpc) is 3.19. The molecule has 0 bridgehead atoms. The van der Waals surface area contributed by atoms with Gasteiger partial charge < -0.3 is 5.32 Å². The number of pyridine rings is 1. The van der Waals surface area contributed by atoms with Crippen molar-refractivity contribution in [1.82, 2.24) is 4.98 Å². The maximum Gasteiger partial charge on any atom is 0.133 e. The molecule has 98 valence electrons. The van der Waals surface area contributed by atoms with Gasteiger partial charge in [-0.2, -0.15) is 0 Å². The quantitative estimate of drug-likeness (QED) is 0.903. The lowest BCUT2D eigenvalue weighted by Crippen LogP contribution is -2.06. The van der Waals surface area contributed by atoms with Gasteiger partial charge in [0.25, 0.3) is 0 Å². The third-order valence-electron chi connectivity index (χ3n) is 3.24. The van der Waals surface area contributed by atoms with Crippen LogP contribution in [0.2, 0.25) is 0 Å². The van der Waals surface area contributed by atoms with E-state index in [2.05, 4.69) is 10.3 Å². The van der Waals surface area contributed by atoms with Crippen LogP contribution in [0, 0.1) is 17.6 Å². The molecule has 0 radical (unpaired) electrons. The first kappa shape index (κ1) is 12.1. The Bertz CT molecular complexity index is 574. The van der Waals surface area contributed by atoms with Crippen molar-refractivity contribution in [2.24, 2.45) is 5.92 Å². The summed E-state index contributed by atoms with van der Waals surface area (Å²) >= 11 is 0. The van der Waals surface area contributed by atoms with E-state index in [9.17, 15) is 8.78 Å². The van der Waals surface area contributed by atoms with Gasteiger partial charge in [-0.25, -0.2) is 13.8 Å². The summed E-state index contributed by atoms with van der Waals surface area (Å²) in [5.41, 5.74) is 1.23. The molecule has 0 aliphatic heterocycles. The largest absolute Gasteiger partial charge is 0.369 e. The van der Waals surface area contributed by atoms with Crippen LogP contribution in [0.4, 0.5) is 14.6 Å². The van der Waals surface area contributed by atoms with Crippen molar-refractivity contribution in [3.8, 4) is 11.1 Å². The maximum atomic E-state index is 13.3. The zero-order valence-electron chi connectivity index (χ0n) is 10.4. The number of hydrogen-bond donors (Lipinski definition) is 1. The van der Waals surface area contributed by atoms with Crippen molar-refractivity contribution in [3.05, 3.63) is 48.2 Å².